The molecule has 144 valence electrons. The summed E-state index contributed by atoms with van der Waals surface area (Å²) in [6.07, 6.45) is 1.72. The number of benzene rings is 1. The average Bonchev–Trinajstić information content (AvgIpc) is 3.18. The van der Waals surface area contributed by atoms with Crippen molar-refractivity contribution in [3.63, 3.8) is 0 Å². The second-order valence-corrected chi connectivity index (χ2v) is 7.65. The lowest BCUT2D eigenvalue weighted by molar-refractivity contribution is 0.0742. The van der Waals surface area contributed by atoms with E-state index in [2.05, 4.69) is 27.2 Å². The summed E-state index contributed by atoms with van der Waals surface area (Å²) in [4.78, 5) is 21.8. The van der Waals surface area contributed by atoms with E-state index in [4.69, 9.17) is 4.52 Å². The van der Waals surface area contributed by atoms with Crippen molar-refractivity contribution >= 4 is 23.4 Å². The molecule has 28 heavy (non-hydrogen) atoms. The number of anilines is 1. The summed E-state index contributed by atoms with van der Waals surface area (Å²) in [7, 11) is 0. The molecule has 0 saturated carbocycles. The van der Waals surface area contributed by atoms with Crippen molar-refractivity contribution in [3.8, 4) is 0 Å². The maximum atomic E-state index is 13.1. The van der Waals surface area contributed by atoms with Gasteiger partial charge in [0.25, 0.3) is 5.91 Å². The molecule has 0 bridgehead atoms. The van der Waals surface area contributed by atoms with Crippen molar-refractivity contribution in [2.75, 3.05) is 31.1 Å². The van der Waals surface area contributed by atoms with Crippen LogP contribution >= 0.6 is 11.8 Å². The number of thioether (sulfide) groups is 1. The number of hydrogen-bond donors (Lipinski definition) is 0. The molecule has 0 N–H and O–H groups in total. The number of aromatic nitrogens is 2. The topological polar surface area (TPSA) is 62.5 Å². The van der Waals surface area contributed by atoms with E-state index in [9.17, 15) is 4.79 Å². The van der Waals surface area contributed by atoms with E-state index in [-0.39, 0.29) is 5.91 Å². The van der Waals surface area contributed by atoms with Gasteiger partial charge in [-0.25, -0.2) is 4.98 Å². The van der Waals surface area contributed by atoms with Crippen LogP contribution in [0.15, 0.2) is 64.3 Å². The molecular formula is C21H22N4O2S. The molecule has 1 fully saturated rings. The Bertz CT molecular complexity index is 936. The van der Waals surface area contributed by atoms with Crippen LogP contribution in [0.2, 0.25) is 0 Å². The number of hydrogen-bond acceptors (Lipinski definition) is 6. The Morgan fingerprint density at radius 3 is 2.61 bits per heavy atom. The highest BCUT2D eigenvalue weighted by Gasteiger charge is 2.24. The zero-order valence-corrected chi connectivity index (χ0v) is 16.6. The van der Waals surface area contributed by atoms with Gasteiger partial charge in [-0.05, 0) is 31.2 Å². The third kappa shape index (κ3) is 4.20. The van der Waals surface area contributed by atoms with Crippen LogP contribution in [0.3, 0.4) is 0 Å². The van der Waals surface area contributed by atoms with Gasteiger partial charge in [-0.15, -0.1) is 0 Å². The Labute approximate surface area is 168 Å². The first-order valence-corrected chi connectivity index (χ1v) is 10.3. The minimum Gasteiger partial charge on any atom is -0.368 e. The number of amides is 1. The summed E-state index contributed by atoms with van der Waals surface area (Å²) in [5.41, 5.74) is 2.71. The number of aryl methyl sites for hydroxylation is 1. The molecule has 1 aliphatic heterocycles. The molecule has 1 aromatic carbocycles. The fourth-order valence-electron chi connectivity index (χ4n) is 3.27. The van der Waals surface area contributed by atoms with Gasteiger partial charge >= 0.3 is 0 Å². The van der Waals surface area contributed by atoms with E-state index >= 15 is 0 Å². The molecule has 0 radical (unpaired) electrons. The highest BCUT2D eigenvalue weighted by atomic mass is 32.2. The van der Waals surface area contributed by atoms with Crippen LogP contribution < -0.4 is 4.90 Å². The number of nitrogens with zero attached hydrogens (tertiary/aromatic N) is 4. The minimum atomic E-state index is 0.0413. The van der Waals surface area contributed by atoms with Crippen molar-refractivity contribution in [2.45, 2.75) is 17.7 Å². The van der Waals surface area contributed by atoms with Gasteiger partial charge in [0.05, 0.1) is 11.3 Å². The molecule has 4 rings (SSSR count). The Morgan fingerprint density at radius 2 is 1.89 bits per heavy atom. The quantitative estimate of drug-likeness (QED) is 0.616. The normalized spacial score (nSPS) is 14.3. The van der Waals surface area contributed by atoms with Gasteiger partial charge in [0.2, 0.25) is 0 Å². The van der Waals surface area contributed by atoms with E-state index in [1.54, 1.807) is 6.20 Å². The second kappa shape index (κ2) is 8.48. The van der Waals surface area contributed by atoms with E-state index in [0.717, 1.165) is 29.6 Å². The number of rotatable bonds is 5. The van der Waals surface area contributed by atoms with Crippen LogP contribution in [0.5, 0.6) is 0 Å². The maximum absolute atomic E-state index is 13.1. The van der Waals surface area contributed by atoms with Gasteiger partial charge in [0.1, 0.15) is 10.8 Å². The number of carbonyl (C=O) groups excluding carboxylic acids is 1. The minimum absolute atomic E-state index is 0.0413. The van der Waals surface area contributed by atoms with E-state index in [0.29, 0.717) is 24.4 Å². The molecule has 0 unspecified atom stereocenters. The zero-order chi connectivity index (χ0) is 19.3. The molecule has 3 heterocycles. The number of para-hydroxylation sites is 1. The Kier molecular flexibility index (Phi) is 5.62. The molecule has 0 aliphatic carbocycles. The molecule has 2 aromatic heterocycles. The van der Waals surface area contributed by atoms with E-state index in [1.165, 1.54) is 17.4 Å². The zero-order valence-electron chi connectivity index (χ0n) is 15.7. The first kappa shape index (κ1) is 18.6. The van der Waals surface area contributed by atoms with Crippen molar-refractivity contribution in [1.82, 2.24) is 15.0 Å². The highest BCUT2D eigenvalue weighted by molar-refractivity contribution is 7.98. The molecule has 1 aliphatic rings. The van der Waals surface area contributed by atoms with Gasteiger partial charge < -0.3 is 14.3 Å². The Balaban J connectivity index is 1.41. The summed E-state index contributed by atoms with van der Waals surface area (Å²) >= 11 is 1.51. The smallest absolute Gasteiger partial charge is 0.256 e. The van der Waals surface area contributed by atoms with Crippen LogP contribution in [0.25, 0.3) is 0 Å². The van der Waals surface area contributed by atoms with Gasteiger partial charge in [-0.1, -0.05) is 35.1 Å². The lowest BCUT2D eigenvalue weighted by Gasteiger charge is -2.36. The lowest BCUT2D eigenvalue weighted by atomic mass is 10.2. The molecule has 3 aromatic rings. The third-order valence-corrected chi connectivity index (χ3v) is 5.76. The first-order chi connectivity index (χ1) is 13.7. The van der Waals surface area contributed by atoms with Crippen LogP contribution in [-0.2, 0) is 5.75 Å². The lowest BCUT2D eigenvalue weighted by Crippen LogP contribution is -2.48. The summed E-state index contributed by atoms with van der Waals surface area (Å²) < 4.78 is 5.11. The van der Waals surface area contributed by atoms with Crippen LogP contribution in [0, 0.1) is 6.92 Å². The fraction of sp³-hybridized carbons (Fsp3) is 0.286. The van der Waals surface area contributed by atoms with E-state index < -0.39 is 0 Å². The first-order valence-electron chi connectivity index (χ1n) is 9.30. The third-order valence-electron chi connectivity index (χ3n) is 4.72. The van der Waals surface area contributed by atoms with E-state index in [1.807, 2.05) is 48.2 Å². The number of piperazine rings is 1. The van der Waals surface area contributed by atoms with Gasteiger partial charge in [-0.3, -0.25) is 4.79 Å². The molecule has 0 spiro atoms. The number of pyridine rings is 1. The standard InChI is InChI=1S/C21H22N4O2S/c1-16-14-17(23-27-16)15-28-20-19(8-5-9-22-20)21(26)25-12-10-24(11-13-25)18-6-3-2-4-7-18/h2-9,14H,10-13,15H2,1H3. The predicted octanol–water partition coefficient (Wildman–Crippen LogP) is 3.63. The molecule has 7 heteroatoms. The molecule has 1 amide bonds. The average molecular weight is 395 g/mol. The van der Waals surface area contributed by atoms with Crippen molar-refractivity contribution in [3.05, 3.63) is 71.7 Å². The van der Waals surface area contributed by atoms with Crippen molar-refractivity contribution < 1.29 is 9.32 Å². The molecule has 1 saturated heterocycles. The highest BCUT2D eigenvalue weighted by Crippen LogP contribution is 2.26. The predicted molar refractivity (Wildman–Crippen MR) is 110 cm³/mol. The molecule has 6 nitrogen and oxygen atoms in total. The summed E-state index contributed by atoms with van der Waals surface area (Å²) in [6, 6.07) is 15.9. The van der Waals surface area contributed by atoms with Crippen LogP contribution in [-0.4, -0.2) is 47.1 Å². The number of carbonyl (C=O) groups is 1. The van der Waals surface area contributed by atoms with Crippen LogP contribution in [0.1, 0.15) is 21.8 Å². The molecule has 0 atom stereocenters. The van der Waals surface area contributed by atoms with Gasteiger partial charge in [-0.2, -0.15) is 0 Å². The van der Waals surface area contributed by atoms with Gasteiger partial charge in [0, 0.05) is 49.9 Å². The van der Waals surface area contributed by atoms with Crippen LogP contribution in [0.4, 0.5) is 5.69 Å². The Hall–Kier alpha value is -2.80. The second-order valence-electron chi connectivity index (χ2n) is 6.69. The van der Waals surface area contributed by atoms with Crippen molar-refractivity contribution in [2.24, 2.45) is 0 Å². The Morgan fingerprint density at radius 1 is 1.11 bits per heavy atom. The van der Waals surface area contributed by atoms with Crippen molar-refractivity contribution in [1.29, 1.82) is 0 Å². The SMILES string of the molecule is Cc1cc(CSc2ncccc2C(=O)N2CCN(c3ccccc3)CC2)no1. The van der Waals surface area contributed by atoms with Gasteiger partial charge in [0.15, 0.2) is 0 Å². The summed E-state index contributed by atoms with van der Waals surface area (Å²) in [5.74, 6) is 1.44. The largest absolute Gasteiger partial charge is 0.368 e. The fourth-order valence-corrected chi connectivity index (χ4v) is 4.14. The molecular weight excluding hydrogens is 372 g/mol. The summed E-state index contributed by atoms with van der Waals surface area (Å²) in [6.45, 7) is 4.93. The monoisotopic (exact) mass is 394 g/mol. The maximum Gasteiger partial charge on any atom is 0.256 e. The summed E-state index contributed by atoms with van der Waals surface area (Å²) in [5, 5.41) is 4.74.